The summed E-state index contributed by atoms with van der Waals surface area (Å²) in [5.74, 6) is 0. The van der Waals surface area contributed by atoms with Crippen LogP contribution in [0.25, 0.3) is 11.3 Å². The second-order valence-corrected chi connectivity index (χ2v) is 2.32. The predicted octanol–water partition coefficient (Wildman–Crippen LogP) is 2.08. The highest BCUT2D eigenvalue weighted by molar-refractivity contribution is 5.57. The van der Waals surface area contributed by atoms with Crippen molar-refractivity contribution in [3.8, 4) is 11.3 Å². The zero-order valence-corrected chi connectivity index (χ0v) is 5.99. The summed E-state index contributed by atoms with van der Waals surface area (Å²) in [6.45, 7) is 0. The smallest absolute Gasteiger partial charge is 0.0455 e. The van der Waals surface area contributed by atoms with Gasteiger partial charge in [0.2, 0.25) is 0 Å². The lowest BCUT2D eigenvalue weighted by molar-refractivity contribution is 1.31. The topological polar surface area (TPSA) is 28.7 Å². The van der Waals surface area contributed by atoms with E-state index >= 15 is 0 Å². The minimum atomic E-state index is 1.13. The number of hydrogen-bond acceptors (Lipinski definition) is 1. The van der Waals surface area contributed by atoms with Gasteiger partial charge in [-0.05, 0) is 24.3 Å². The number of nitrogens with one attached hydrogen (secondary N) is 1. The zero-order chi connectivity index (χ0) is 7.52. The van der Waals surface area contributed by atoms with Crippen LogP contribution in [0.2, 0.25) is 0 Å². The molecule has 2 rings (SSSR count). The highest BCUT2D eigenvalue weighted by atomic mass is 14.7. The second kappa shape index (κ2) is 2.58. The van der Waals surface area contributed by atoms with E-state index in [0.717, 1.165) is 5.69 Å². The molecular weight excluding hydrogens is 136 g/mol. The van der Waals surface area contributed by atoms with Crippen LogP contribution >= 0.6 is 0 Å². The zero-order valence-electron chi connectivity index (χ0n) is 5.99. The Labute approximate surface area is 64.9 Å². The molecule has 0 unspecified atom stereocenters. The Bertz CT molecular complexity index is 311. The number of pyridine rings is 1. The molecule has 0 saturated carbocycles. The van der Waals surface area contributed by atoms with Gasteiger partial charge >= 0.3 is 0 Å². The van der Waals surface area contributed by atoms with E-state index in [2.05, 4.69) is 9.97 Å². The van der Waals surface area contributed by atoms with Crippen molar-refractivity contribution in [2.24, 2.45) is 0 Å². The molecule has 54 valence electrons. The molecule has 0 amide bonds. The van der Waals surface area contributed by atoms with Crippen molar-refractivity contribution in [1.82, 2.24) is 9.97 Å². The van der Waals surface area contributed by atoms with Crippen molar-refractivity contribution in [3.05, 3.63) is 42.9 Å². The number of rotatable bonds is 1. The Kier molecular flexibility index (Phi) is 1.44. The van der Waals surface area contributed by atoms with Gasteiger partial charge in [-0.15, -0.1) is 0 Å². The van der Waals surface area contributed by atoms with Crippen LogP contribution in [0, 0.1) is 0 Å². The second-order valence-electron chi connectivity index (χ2n) is 2.32. The number of aromatic amines is 1. The van der Waals surface area contributed by atoms with Crippen LogP contribution in [-0.4, -0.2) is 9.97 Å². The molecule has 0 atom stereocenters. The van der Waals surface area contributed by atoms with Gasteiger partial charge in [-0.3, -0.25) is 4.98 Å². The predicted molar refractivity (Wildman–Crippen MR) is 44.0 cm³/mol. The minimum Gasteiger partial charge on any atom is -0.361 e. The van der Waals surface area contributed by atoms with Crippen molar-refractivity contribution < 1.29 is 0 Å². The maximum atomic E-state index is 3.94. The molecule has 2 nitrogen and oxygen atoms in total. The maximum absolute atomic E-state index is 3.94. The third-order valence-electron chi connectivity index (χ3n) is 1.59. The van der Waals surface area contributed by atoms with Gasteiger partial charge in [0, 0.05) is 29.8 Å². The lowest BCUT2D eigenvalue weighted by atomic mass is 10.2. The van der Waals surface area contributed by atoms with Gasteiger partial charge in [-0.2, -0.15) is 0 Å². The van der Waals surface area contributed by atoms with Gasteiger partial charge < -0.3 is 4.98 Å². The molecular formula is C9H8N2. The number of aromatic nitrogens is 2. The molecule has 0 spiro atoms. The van der Waals surface area contributed by atoms with E-state index in [1.54, 1.807) is 12.4 Å². The van der Waals surface area contributed by atoms with Gasteiger partial charge in [0.15, 0.2) is 0 Å². The van der Waals surface area contributed by atoms with Gasteiger partial charge in [0.25, 0.3) is 0 Å². The molecule has 0 radical (unpaired) electrons. The fraction of sp³-hybridized carbons (Fsp3) is 0. The van der Waals surface area contributed by atoms with E-state index < -0.39 is 0 Å². The maximum Gasteiger partial charge on any atom is 0.0455 e. The lowest BCUT2D eigenvalue weighted by Crippen LogP contribution is -1.75. The first-order valence-electron chi connectivity index (χ1n) is 3.50. The van der Waals surface area contributed by atoms with E-state index in [1.807, 2.05) is 30.5 Å². The Morgan fingerprint density at radius 3 is 2.55 bits per heavy atom. The van der Waals surface area contributed by atoms with E-state index in [1.165, 1.54) is 5.56 Å². The molecule has 2 heteroatoms. The SMILES string of the molecule is c1c[nH]c(-c2ccncc2)c1. The van der Waals surface area contributed by atoms with Crippen molar-refractivity contribution >= 4 is 0 Å². The monoisotopic (exact) mass is 144 g/mol. The van der Waals surface area contributed by atoms with Gasteiger partial charge in [0.05, 0.1) is 0 Å². The van der Waals surface area contributed by atoms with E-state index in [-0.39, 0.29) is 0 Å². The first-order valence-corrected chi connectivity index (χ1v) is 3.50. The third-order valence-corrected chi connectivity index (χ3v) is 1.59. The quantitative estimate of drug-likeness (QED) is 0.652. The fourth-order valence-electron chi connectivity index (χ4n) is 1.04. The molecule has 2 heterocycles. The van der Waals surface area contributed by atoms with Crippen LogP contribution in [0.4, 0.5) is 0 Å². The molecule has 0 bridgehead atoms. The molecule has 0 fully saturated rings. The van der Waals surface area contributed by atoms with Crippen LogP contribution in [0.3, 0.4) is 0 Å². The highest BCUT2D eigenvalue weighted by Gasteiger charge is 1.93. The number of nitrogens with zero attached hydrogens (tertiary/aromatic N) is 1. The summed E-state index contributed by atoms with van der Waals surface area (Å²) >= 11 is 0. The summed E-state index contributed by atoms with van der Waals surface area (Å²) < 4.78 is 0. The van der Waals surface area contributed by atoms with Gasteiger partial charge in [0.1, 0.15) is 0 Å². The normalized spacial score (nSPS) is 9.82. The molecule has 0 aliphatic rings. The van der Waals surface area contributed by atoms with Crippen molar-refractivity contribution in [3.63, 3.8) is 0 Å². The number of H-pyrrole nitrogens is 1. The Morgan fingerprint density at radius 2 is 1.91 bits per heavy atom. The molecule has 11 heavy (non-hydrogen) atoms. The fourth-order valence-corrected chi connectivity index (χ4v) is 1.04. The Hall–Kier alpha value is -1.57. The van der Waals surface area contributed by atoms with E-state index in [0.29, 0.717) is 0 Å². The average Bonchev–Trinajstić information content (AvgIpc) is 2.58. The lowest BCUT2D eigenvalue weighted by Gasteiger charge is -1.93. The summed E-state index contributed by atoms with van der Waals surface area (Å²) in [6, 6.07) is 7.97. The Balaban J connectivity index is 2.46. The first-order chi connectivity index (χ1) is 5.47. The van der Waals surface area contributed by atoms with E-state index in [9.17, 15) is 0 Å². The van der Waals surface area contributed by atoms with Gasteiger partial charge in [-0.25, -0.2) is 0 Å². The van der Waals surface area contributed by atoms with Crippen molar-refractivity contribution in [2.45, 2.75) is 0 Å². The molecule has 0 aliphatic carbocycles. The molecule has 2 aromatic rings. The molecule has 0 aromatic carbocycles. The van der Waals surface area contributed by atoms with Crippen molar-refractivity contribution in [2.75, 3.05) is 0 Å². The van der Waals surface area contributed by atoms with Crippen LogP contribution in [0.15, 0.2) is 42.9 Å². The minimum absolute atomic E-state index is 1.13. The van der Waals surface area contributed by atoms with Gasteiger partial charge in [-0.1, -0.05) is 0 Å². The molecule has 0 saturated heterocycles. The summed E-state index contributed by atoms with van der Waals surface area (Å²) in [4.78, 5) is 7.07. The van der Waals surface area contributed by atoms with Crippen LogP contribution in [-0.2, 0) is 0 Å². The average molecular weight is 144 g/mol. The Morgan fingerprint density at radius 1 is 1.09 bits per heavy atom. The van der Waals surface area contributed by atoms with Crippen LogP contribution in [0.1, 0.15) is 0 Å². The highest BCUT2D eigenvalue weighted by Crippen LogP contribution is 2.14. The first kappa shape index (κ1) is 6.16. The summed E-state index contributed by atoms with van der Waals surface area (Å²) in [7, 11) is 0. The standard InChI is InChI=1S/C9H8N2/c1-2-9(11-5-1)8-3-6-10-7-4-8/h1-7,11H. The van der Waals surface area contributed by atoms with Crippen molar-refractivity contribution in [1.29, 1.82) is 0 Å². The molecule has 1 N–H and O–H groups in total. The summed E-state index contributed by atoms with van der Waals surface area (Å²) in [5.41, 5.74) is 2.30. The molecule has 2 aromatic heterocycles. The van der Waals surface area contributed by atoms with Crippen LogP contribution in [0.5, 0.6) is 0 Å². The number of hydrogen-bond donors (Lipinski definition) is 1. The van der Waals surface area contributed by atoms with E-state index in [4.69, 9.17) is 0 Å². The summed E-state index contributed by atoms with van der Waals surface area (Å²) in [6.07, 6.45) is 5.49. The largest absolute Gasteiger partial charge is 0.361 e. The third kappa shape index (κ3) is 1.15. The summed E-state index contributed by atoms with van der Waals surface area (Å²) in [5, 5.41) is 0. The van der Waals surface area contributed by atoms with Crippen LogP contribution < -0.4 is 0 Å². The molecule has 0 aliphatic heterocycles.